The molecule has 0 heterocycles. The molecule has 0 saturated heterocycles. The van der Waals surface area contributed by atoms with Crippen LogP contribution in [0, 0.1) is 0 Å². The highest BCUT2D eigenvalue weighted by Gasteiger charge is 2.43. The van der Waals surface area contributed by atoms with E-state index in [1.54, 1.807) is 0 Å². The summed E-state index contributed by atoms with van der Waals surface area (Å²) in [5.41, 5.74) is 2.91. The summed E-state index contributed by atoms with van der Waals surface area (Å²) in [6, 6.07) is 20.4. The summed E-state index contributed by atoms with van der Waals surface area (Å²) in [6.45, 7) is 2.85. The van der Waals surface area contributed by atoms with Gasteiger partial charge in [0.1, 0.15) is 0 Å². The molecule has 1 aliphatic carbocycles. The average Bonchev–Trinajstić information content (AvgIpc) is 2.95. The van der Waals surface area contributed by atoms with Crippen LogP contribution in [0.2, 0.25) is 0 Å². The summed E-state index contributed by atoms with van der Waals surface area (Å²) in [6.07, 6.45) is 27.7. The monoisotopic (exact) mass is 516 g/mol. The van der Waals surface area contributed by atoms with Crippen molar-refractivity contribution in [3.05, 3.63) is 90.0 Å². The van der Waals surface area contributed by atoms with Crippen molar-refractivity contribution in [1.82, 2.24) is 0 Å². The van der Waals surface area contributed by atoms with Crippen LogP contribution in [-0.4, -0.2) is 17.5 Å². The Morgan fingerprint density at radius 2 is 1.11 bits per heavy atom. The van der Waals surface area contributed by atoms with Crippen LogP contribution in [0.3, 0.4) is 0 Å². The minimum absolute atomic E-state index is 0.232. The van der Waals surface area contributed by atoms with Gasteiger partial charge in [0.2, 0.25) is 5.79 Å². The topological polar surface area (TPSA) is 29.5 Å². The summed E-state index contributed by atoms with van der Waals surface area (Å²) >= 11 is 0. The Hall–Kier alpha value is -2.16. The van der Waals surface area contributed by atoms with Gasteiger partial charge in [-0.15, -0.1) is 0 Å². The fourth-order valence-corrected chi connectivity index (χ4v) is 5.64. The van der Waals surface area contributed by atoms with Crippen LogP contribution in [0.25, 0.3) is 5.57 Å². The van der Waals surface area contributed by atoms with Gasteiger partial charge in [-0.3, -0.25) is 0 Å². The molecular formula is C36H52O2. The highest BCUT2D eigenvalue weighted by atomic mass is 16.6. The van der Waals surface area contributed by atoms with E-state index >= 15 is 0 Å². The second-order valence-electron chi connectivity index (χ2n) is 11.1. The smallest absolute Gasteiger partial charge is 0.203 e. The second kappa shape index (κ2) is 18.2. The molecule has 208 valence electrons. The van der Waals surface area contributed by atoms with Crippen molar-refractivity contribution in [1.29, 1.82) is 0 Å². The van der Waals surface area contributed by atoms with Crippen LogP contribution in [0.1, 0.15) is 127 Å². The Labute approximate surface area is 233 Å². The first-order valence-electron chi connectivity index (χ1n) is 15.6. The predicted molar refractivity (Wildman–Crippen MR) is 163 cm³/mol. The van der Waals surface area contributed by atoms with Crippen LogP contribution in [0.5, 0.6) is 0 Å². The Kier molecular flexibility index (Phi) is 14.5. The van der Waals surface area contributed by atoms with Gasteiger partial charge in [-0.25, -0.2) is 0 Å². The van der Waals surface area contributed by atoms with Crippen molar-refractivity contribution < 1.29 is 9.84 Å². The molecule has 0 bridgehead atoms. The highest BCUT2D eigenvalue weighted by Crippen LogP contribution is 2.43. The average molecular weight is 517 g/mol. The van der Waals surface area contributed by atoms with Gasteiger partial charge in [-0.1, -0.05) is 182 Å². The summed E-state index contributed by atoms with van der Waals surface area (Å²) in [4.78, 5) is 0. The summed E-state index contributed by atoms with van der Waals surface area (Å²) < 4.78 is 6.36. The molecular weight excluding hydrogens is 464 g/mol. The van der Waals surface area contributed by atoms with E-state index in [4.69, 9.17) is 4.74 Å². The van der Waals surface area contributed by atoms with Gasteiger partial charge < -0.3 is 9.84 Å². The van der Waals surface area contributed by atoms with Gasteiger partial charge in [0.25, 0.3) is 0 Å². The maximum absolute atomic E-state index is 12.0. The third kappa shape index (κ3) is 10.2. The maximum Gasteiger partial charge on any atom is 0.203 e. The van der Waals surface area contributed by atoms with Crippen molar-refractivity contribution in [2.24, 2.45) is 0 Å². The quantitative estimate of drug-likeness (QED) is 0.140. The van der Waals surface area contributed by atoms with E-state index in [0.29, 0.717) is 6.61 Å². The molecule has 2 aromatic rings. The zero-order valence-electron chi connectivity index (χ0n) is 24.0. The molecule has 0 saturated carbocycles. The van der Waals surface area contributed by atoms with Gasteiger partial charge in [0.15, 0.2) is 0 Å². The molecule has 2 aromatic carbocycles. The van der Waals surface area contributed by atoms with Crippen molar-refractivity contribution in [3.63, 3.8) is 0 Å². The third-order valence-corrected chi connectivity index (χ3v) is 7.94. The van der Waals surface area contributed by atoms with E-state index < -0.39 is 5.79 Å². The number of hydrogen-bond donors (Lipinski definition) is 1. The lowest BCUT2D eigenvalue weighted by Crippen LogP contribution is -2.41. The van der Waals surface area contributed by atoms with E-state index in [0.717, 1.165) is 29.5 Å². The fraction of sp³-hybridized carbons (Fsp3) is 0.556. The number of rotatable bonds is 20. The number of allylic oxidation sites excluding steroid dienone is 2. The van der Waals surface area contributed by atoms with Crippen molar-refractivity contribution >= 4 is 5.57 Å². The molecule has 1 N–H and O–H groups in total. The third-order valence-electron chi connectivity index (χ3n) is 7.94. The predicted octanol–water partition coefficient (Wildman–Crippen LogP) is 10.4. The van der Waals surface area contributed by atoms with Crippen molar-refractivity contribution in [3.8, 4) is 0 Å². The SMILES string of the molecule is CCCCCCCCCCCCCCCCCCOC1(O)C(c2ccccc2)=CC=CC1c1ccccc1. The zero-order chi connectivity index (χ0) is 26.7. The lowest BCUT2D eigenvalue weighted by atomic mass is 9.79. The van der Waals surface area contributed by atoms with Crippen molar-refractivity contribution in [2.45, 2.75) is 121 Å². The van der Waals surface area contributed by atoms with Gasteiger partial charge in [0.05, 0.1) is 12.5 Å². The number of ether oxygens (including phenoxy) is 1. The highest BCUT2D eigenvalue weighted by molar-refractivity contribution is 5.75. The largest absolute Gasteiger partial charge is 0.361 e. The van der Waals surface area contributed by atoms with Gasteiger partial charge in [0, 0.05) is 5.57 Å². The Morgan fingerprint density at radius 1 is 0.632 bits per heavy atom. The van der Waals surface area contributed by atoms with Crippen LogP contribution >= 0.6 is 0 Å². The van der Waals surface area contributed by atoms with Gasteiger partial charge in [-0.05, 0) is 17.5 Å². The van der Waals surface area contributed by atoms with Crippen LogP contribution < -0.4 is 0 Å². The molecule has 0 spiro atoms. The molecule has 2 nitrogen and oxygen atoms in total. The molecule has 3 rings (SSSR count). The number of hydrogen-bond acceptors (Lipinski definition) is 2. The van der Waals surface area contributed by atoms with Gasteiger partial charge in [-0.2, -0.15) is 0 Å². The molecule has 2 heteroatoms. The second-order valence-corrected chi connectivity index (χ2v) is 11.1. The normalized spacial score (nSPS) is 19.0. The minimum Gasteiger partial charge on any atom is -0.361 e. The first kappa shape index (κ1) is 30.4. The van der Waals surface area contributed by atoms with Crippen LogP contribution in [0.15, 0.2) is 78.9 Å². The number of aliphatic hydroxyl groups is 1. The summed E-state index contributed by atoms with van der Waals surface area (Å²) in [5, 5.41) is 12.0. The molecule has 0 aromatic heterocycles. The van der Waals surface area contributed by atoms with E-state index in [1.165, 1.54) is 89.9 Å². The number of unbranched alkanes of at least 4 members (excludes halogenated alkanes) is 15. The lowest BCUT2D eigenvalue weighted by molar-refractivity contribution is -0.167. The van der Waals surface area contributed by atoms with Crippen LogP contribution in [0.4, 0.5) is 0 Å². The summed E-state index contributed by atoms with van der Waals surface area (Å²) in [5.74, 6) is -1.60. The van der Waals surface area contributed by atoms with E-state index in [9.17, 15) is 5.11 Å². The molecule has 2 atom stereocenters. The van der Waals surface area contributed by atoms with Gasteiger partial charge >= 0.3 is 0 Å². The molecule has 1 aliphatic rings. The number of benzene rings is 2. The Balaban J connectivity index is 1.32. The fourth-order valence-electron chi connectivity index (χ4n) is 5.64. The Morgan fingerprint density at radius 3 is 1.63 bits per heavy atom. The van der Waals surface area contributed by atoms with Crippen molar-refractivity contribution in [2.75, 3.05) is 6.61 Å². The summed E-state index contributed by atoms with van der Waals surface area (Å²) in [7, 11) is 0. The van der Waals surface area contributed by atoms with E-state index in [1.807, 2.05) is 48.6 Å². The maximum atomic E-state index is 12.0. The first-order chi connectivity index (χ1) is 18.8. The van der Waals surface area contributed by atoms with E-state index in [-0.39, 0.29) is 5.92 Å². The lowest BCUT2D eigenvalue weighted by Gasteiger charge is -2.39. The van der Waals surface area contributed by atoms with E-state index in [2.05, 4.69) is 37.3 Å². The minimum atomic E-state index is -1.37. The molecule has 0 radical (unpaired) electrons. The molecule has 0 fully saturated rings. The standard InChI is InChI=1S/C36H52O2/c1-2-3-4-5-6-7-8-9-10-11-12-13-14-15-16-23-31-38-36(37)34(32-25-19-17-20-26-32)29-24-30-35(36)33-27-21-18-22-28-33/h17-22,24-30,34,37H,2-16,23,31H2,1H3. The Bertz CT molecular complexity index is 917. The molecule has 2 unspecified atom stereocenters. The zero-order valence-corrected chi connectivity index (χ0v) is 24.0. The molecule has 0 amide bonds. The molecule has 0 aliphatic heterocycles. The van der Waals surface area contributed by atoms with Crippen LogP contribution in [-0.2, 0) is 4.74 Å². The molecule has 38 heavy (non-hydrogen) atoms. The first-order valence-corrected chi connectivity index (χ1v) is 15.6.